The quantitative estimate of drug-likeness (QED) is 0.639. The monoisotopic (exact) mass is 208 g/mol. The van der Waals surface area contributed by atoms with Crippen molar-refractivity contribution in [3.8, 4) is 5.75 Å². The second-order valence-electron chi connectivity index (χ2n) is 3.45. The molecule has 0 spiro atoms. The minimum absolute atomic E-state index is 0.638. The van der Waals surface area contributed by atoms with Crippen LogP contribution in [-0.2, 0) is 11.3 Å². The van der Waals surface area contributed by atoms with Gasteiger partial charge in [0.25, 0.3) is 0 Å². The first-order valence-corrected chi connectivity index (χ1v) is 5.67. The molecule has 2 heteroatoms. The molecule has 15 heavy (non-hydrogen) atoms. The molecular formula is C13H20O2. The van der Waals surface area contributed by atoms with Crippen molar-refractivity contribution in [1.82, 2.24) is 0 Å². The minimum Gasteiger partial charge on any atom is -0.493 e. The van der Waals surface area contributed by atoms with Gasteiger partial charge in [0.1, 0.15) is 5.75 Å². The molecule has 1 aromatic rings. The second-order valence-corrected chi connectivity index (χ2v) is 3.45. The van der Waals surface area contributed by atoms with Crippen molar-refractivity contribution >= 4 is 0 Å². The van der Waals surface area contributed by atoms with Crippen molar-refractivity contribution in [1.29, 1.82) is 0 Å². The largest absolute Gasteiger partial charge is 0.493 e. The van der Waals surface area contributed by atoms with Gasteiger partial charge < -0.3 is 9.47 Å². The predicted molar refractivity (Wildman–Crippen MR) is 62.2 cm³/mol. The molecule has 0 atom stereocenters. The van der Waals surface area contributed by atoms with E-state index in [-0.39, 0.29) is 0 Å². The van der Waals surface area contributed by atoms with Gasteiger partial charge in [0.05, 0.1) is 13.2 Å². The molecule has 0 aromatic heterocycles. The molecule has 0 aliphatic carbocycles. The van der Waals surface area contributed by atoms with Crippen LogP contribution >= 0.6 is 0 Å². The zero-order chi connectivity index (χ0) is 10.9. The maximum Gasteiger partial charge on any atom is 0.124 e. The fourth-order valence-corrected chi connectivity index (χ4v) is 1.30. The van der Waals surface area contributed by atoms with E-state index in [9.17, 15) is 0 Å². The minimum atomic E-state index is 0.638. The van der Waals surface area contributed by atoms with E-state index in [0.717, 1.165) is 37.4 Å². The van der Waals surface area contributed by atoms with Crippen molar-refractivity contribution in [2.45, 2.75) is 33.3 Å². The van der Waals surface area contributed by atoms with E-state index in [1.807, 2.05) is 25.1 Å². The highest BCUT2D eigenvalue weighted by molar-refractivity contribution is 5.32. The third-order valence-corrected chi connectivity index (χ3v) is 2.19. The lowest BCUT2D eigenvalue weighted by molar-refractivity contribution is 0.131. The molecule has 0 radical (unpaired) electrons. The summed E-state index contributed by atoms with van der Waals surface area (Å²) in [5.41, 5.74) is 1.13. The topological polar surface area (TPSA) is 18.5 Å². The average molecular weight is 208 g/mol. The van der Waals surface area contributed by atoms with Gasteiger partial charge in [-0.3, -0.25) is 0 Å². The van der Waals surface area contributed by atoms with E-state index in [1.165, 1.54) is 0 Å². The van der Waals surface area contributed by atoms with Crippen molar-refractivity contribution in [3.63, 3.8) is 0 Å². The fourth-order valence-electron chi connectivity index (χ4n) is 1.30. The Hall–Kier alpha value is -1.02. The Kier molecular flexibility index (Phi) is 5.86. The Balaban J connectivity index is 2.52. The number of rotatable bonds is 7. The van der Waals surface area contributed by atoms with E-state index in [0.29, 0.717) is 6.61 Å². The van der Waals surface area contributed by atoms with E-state index in [1.54, 1.807) is 0 Å². The smallest absolute Gasteiger partial charge is 0.124 e. The van der Waals surface area contributed by atoms with Crippen LogP contribution in [0.2, 0.25) is 0 Å². The Morgan fingerprint density at radius 1 is 1.13 bits per heavy atom. The van der Waals surface area contributed by atoms with Gasteiger partial charge in [-0.25, -0.2) is 0 Å². The van der Waals surface area contributed by atoms with Crippen LogP contribution in [0.25, 0.3) is 0 Å². The van der Waals surface area contributed by atoms with Crippen LogP contribution in [0, 0.1) is 0 Å². The number of unbranched alkanes of at least 4 members (excludes halogenated alkanes) is 1. The van der Waals surface area contributed by atoms with Gasteiger partial charge in [-0.15, -0.1) is 0 Å². The number of para-hydroxylation sites is 1. The van der Waals surface area contributed by atoms with Gasteiger partial charge in [-0.1, -0.05) is 31.5 Å². The van der Waals surface area contributed by atoms with Gasteiger partial charge >= 0.3 is 0 Å². The molecule has 84 valence electrons. The van der Waals surface area contributed by atoms with Crippen molar-refractivity contribution < 1.29 is 9.47 Å². The van der Waals surface area contributed by atoms with Crippen molar-refractivity contribution in [2.75, 3.05) is 13.2 Å². The lowest BCUT2D eigenvalue weighted by Gasteiger charge is -2.10. The van der Waals surface area contributed by atoms with Crippen LogP contribution in [-0.4, -0.2) is 13.2 Å². The zero-order valence-corrected chi connectivity index (χ0v) is 9.66. The van der Waals surface area contributed by atoms with Crippen molar-refractivity contribution in [3.05, 3.63) is 29.8 Å². The highest BCUT2D eigenvalue weighted by atomic mass is 16.5. The Morgan fingerprint density at radius 3 is 2.67 bits per heavy atom. The number of hydrogen-bond donors (Lipinski definition) is 0. The first-order valence-electron chi connectivity index (χ1n) is 5.67. The van der Waals surface area contributed by atoms with Crippen molar-refractivity contribution in [2.24, 2.45) is 0 Å². The number of hydrogen-bond acceptors (Lipinski definition) is 2. The lowest BCUT2D eigenvalue weighted by Crippen LogP contribution is -2.01. The SMILES string of the molecule is CCCCOc1ccccc1COCC. The molecule has 0 saturated heterocycles. The van der Waals surface area contributed by atoms with Gasteiger partial charge in [0, 0.05) is 12.2 Å². The first-order chi connectivity index (χ1) is 7.38. The highest BCUT2D eigenvalue weighted by Crippen LogP contribution is 2.19. The predicted octanol–water partition coefficient (Wildman–Crippen LogP) is 3.40. The number of benzene rings is 1. The Morgan fingerprint density at radius 2 is 1.93 bits per heavy atom. The molecule has 0 aliphatic rings. The van der Waals surface area contributed by atoms with Gasteiger partial charge in [-0.05, 0) is 19.4 Å². The zero-order valence-electron chi connectivity index (χ0n) is 9.66. The van der Waals surface area contributed by atoms with Gasteiger partial charge in [-0.2, -0.15) is 0 Å². The molecule has 0 N–H and O–H groups in total. The van der Waals surface area contributed by atoms with E-state index in [4.69, 9.17) is 9.47 Å². The number of ether oxygens (including phenoxy) is 2. The summed E-state index contributed by atoms with van der Waals surface area (Å²) in [5, 5.41) is 0. The highest BCUT2D eigenvalue weighted by Gasteiger charge is 2.01. The molecule has 0 bridgehead atoms. The van der Waals surface area contributed by atoms with E-state index < -0.39 is 0 Å². The second kappa shape index (κ2) is 7.30. The van der Waals surface area contributed by atoms with Crippen LogP contribution in [0.3, 0.4) is 0 Å². The molecule has 0 unspecified atom stereocenters. The third-order valence-electron chi connectivity index (χ3n) is 2.19. The van der Waals surface area contributed by atoms with Crippen LogP contribution < -0.4 is 4.74 Å². The van der Waals surface area contributed by atoms with E-state index >= 15 is 0 Å². The summed E-state index contributed by atoms with van der Waals surface area (Å²) in [6.45, 7) is 6.33. The molecule has 0 heterocycles. The molecule has 0 fully saturated rings. The van der Waals surface area contributed by atoms with Crippen LogP contribution in [0.15, 0.2) is 24.3 Å². The van der Waals surface area contributed by atoms with Gasteiger partial charge in [0.15, 0.2) is 0 Å². The molecule has 1 aromatic carbocycles. The fraction of sp³-hybridized carbons (Fsp3) is 0.538. The maximum absolute atomic E-state index is 5.69. The molecule has 2 nitrogen and oxygen atoms in total. The molecule has 0 saturated carbocycles. The maximum atomic E-state index is 5.69. The Labute approximate surface area is 92.2 Å². The lowest BCUT2D eigenvalue weighted by atomic mass is 10.2. The summed E-state index contributed by atoms with van der Waals surface area (Å²) in [5.74, 6) is 0.958. The van der Waals surface area contributed by atoms with Gasteiger partial charge in [0.2, 0.25) is 0 Å². The standard InChI is InChI=1S/C13H20O2/c1-3-5-10-15-13-9-7-6-8-12(13)11-14-4-2/h6-9H,3-5,10-11H2,1-2H3. The van der Waals surface area contributed by atoms with Crippen LogP contribution in [0.5, 0.6) is 5.75 Å². The Bertz CT molecular complexity index is 271. The summed E-state index contributed by atoms with van der Waals surface area (Å²) >= 11 is 0. The van der Waals surface area contributed by atoms with E-state index in [2.05, 4.69) is 13.0 Å². The summed E-state index contributed by atoms with van der Waals surface area (Å²) in [6.07, 6.45) is 2.26. The molecule has 1 rings (SSSR count). The summed E-state index contributed by atoms with van der Waals surface area (Å²) < 4.78 is 11.1. The van der Waals surface area contributed by atoms with Crippen LogP contribution in [0.1, 0.15) is 32.3 Å². The third kappa shape index (κ3) is 4.34. The molecule has 0 amide bonds. The average Bonchev–Trinajstić information content (AvgIpc) is 2.28. The van der Waals surface area contributed by atoms with Crippen LogP contribution in [0.4, 0.5) is 0 Å². The molecule has 0 aliphatic heterocycles. The summed E-state index contributed by atoms with van der Waals surface area (Å²) in [7, 11) is 0. The first kappa shape index (κ1) is 12.1. The molecular weight excluding hydrogens is 188 g/mol. The normalized spacial score (nSPS) is 10.3. The summed E-state index contributed by atoms with van der Waals surface area (Å²) in [4.78, 5) is 0. The summed E-state index contributed by atoms with van der Waals surface area (Å²) in [6, 6.07) is 8.07.